The largest absolute Gasteiger partial charge is 0.478 e. The summed E-state index contributed by atoms with van der Waals surface area (Å²) < 4.78 is 28.7. The number of carboxylic acid groups (broad SMARTS) is 1. The first-order valence-electron chi connectivity index (χ1n) is 6.11. The van der Waals surface area contributed by atoms with Crippen LogP contribution in [0, 0.1) is 10.1 Å². The minimum Gasteiger partial charge on any atom is -0.478 e. The lowest BCUT2D eigenvalue weighted by Crippen LogP contribution is -2.15. The highest BCUT2D eigenvalue weighted by Crippen LogP contribution is 2.38. The van der Waals surface area contributed by atoms with E-state index in [9.17, 15) is 23.3 Å². The first kappa shape index (κ1) is 17.7. The van der Waals surface area contributed by atoms with Crippen LogP contribution in [-0.2, 0) is 10.0 Å². The van der Waals surface area contributed by atoms with Gasteiger partial charge < -0.3 is 9.84 Å². The van der Waals surface area contributed by atoms with Gasteiger partial charge in [-0.1, -0.05) is 11.6 Å². The van der Waals surface area contributed by atoms with Crippen molar-refractivity contribution in [2.75, 3.05) is 0 Å². The number of nitrogens with two attached hydrogens (primary N) is 1. The summed E-state index contributed by atoms with van der Waals surface area (Å²) in [6.07, 6.45) is 0. The van der Waals surface area contributed by atoms with Crippen molar-refractivity contribution in [1.29, 1.82) is 0 Å². The van der Waals surface area contributed by atoms with Gasteiger partial charge in [0.05, 0.1) is 10.5 Å². The molecule has 2 aromatic rings. The van der Waals surface area contributed by atoms with Crippen molar-refractivity contribution in [3.05, 3.63) is 57.1 Å². The number of sulfonamides is 1. The van der Waals surface area contributed by atoms with E-state index in [1.54, 1.807) is 0 Å². The molecule has 0 unspecified atom stereocenters. The number of carboxylic acids is 1. The number of nitro groups is 1. The van der Waals surface area contributed by atoms with Crippen LogP contribution >= 0.6 is 11.6 Å². The number of ether oxygens (including phenoxy) is 1. The zero-order chi connectivity index (χ0) is 18.1. The highest BCUT2D eigenvalue weighted by molar-refractivity contribution is 7.89. The molecule has 126 valence electrons. The number of hydrogen-bond acceptors (Lipinski definition) is 6. The van der Waals surface area contributed by atoms with E-state index in [1.807, 2.05) is 0 Å². The van der Waals surface area contributed by atoms with Gasteiger partial charge in [0, 0.05) is 11.1 Å². The second kappa shape index (κ2) is 6.43. The van der Waals surface area contributed by atoms with Gasteiger partial charge in [-0.2, -0.15) is 0 Å². The third-order valence-electron chi connectivity index (χ3n) is 2.82. The molecule has 0 spiro atoms. The fourth-order valence-electron chi connectivity index (χ4n) is 1.78. The second-order valence-electron chi connectivity index (χ2n) is 4.49. The van der Waals surface area contributed by atoms with E-state index in [2.05, 4.69) is 0 Å². The van der Waals surface area contributed by atoms with E-state index in [4.69, 9.17) is 26.6 Å². The molecule has 0 atom stereocenters. The predicted molar refractivity (Wildman–Crippen MR) is 83.0 cm³/mol. The maximum atomic E-state index is 11.7. The maximum absolute atomic E-state index is 11.7. The number of carbonyl (C=O) groups is 1. The molecule has 0 saturated carbocycles. The Morgan fingerprint density at radius 3 is 2.29 bits per heavy atom. The Morgan fingerprint density at radius 1 is 1.25 bits per heavy atom. The molecular weight excluding hydrogens is 364 g/mol. The average Bonchev–Trinajstić information content (AvgIpc) is 2.48. The highest BCUT2D eigenvalue weighted by Gasteiger charge is 2.29. The number of halogens is 1. The number of primary sulfonamides is 1. The van der Waals surface area contributed by atoms with Crippen LogP contribution in [0.2, 0.25) is 5.02 Å². The van der Waals surface area contributed by atoms with E-state index in [-0.39, 0.29) is 5.75 Å². The number of nitrogens with zero attached hydrogens (tertiary/aromatic N) is 1. The standard InChI is InChI=1S/C13H9ClN2O7S/c14-8-1-3-9(4-2-8)23-12-10(16(19)20)5-7(13(17)18)6-11(12)24(15,21)22/h1-6H,(H,17,18)(H2,15,21,22). The van der Waals surface area contributed by atoms with Gasteiger partial charge in [-0.05, 0) is 30.3 Å². The van der Waals surface area contributed by atoms with Gasteiger partial charge in [-0.3, -0.25) is 10.1 Å². The number of benzene rings is 2. The van der Waals surface area contributed by atoms with Crippen molar-refractivity contribution >= 4 is 33.3 Å². The molecule has 2 aromatic carbocycles. The molecule has 0 amide bonds. The highest BCUT2D eigenvalue weighted by atomic mass is 35.5. The molecule has 0 bridgehead atoms. The molecule has 0 aliphatic rings. The van der Waals surface area contributed by atoms with Gasteiger partial charge in [-0.25, -0.2) is 18.4 Å². The molecule has 0 saturated heterocycles. The van der Waals surface area contributed by atoms with Crippen molar-refractivity contribution < 1.29 is 28.0 Å². The summed E-state index contributed by atoms with van der Waals surface area (Å²) in [5, 5.41) is 25.6. The Morgan fingerprint density at radius 2 is 1.83 bits per heavy atom. The molecule has 9 nitrogen and oxygen atoms in total. The summed E-state index contributed by atoms with van der Waals surface area (Å²) in [6.45, 7) is 0. The van der Waals surface area contributed by atoms with Crippen LogP contribution in [0.4, 0.5) is 5.69 Å². The zero-order valence-electron chi connectivity index (χ0n) is 11.7. The van der Waals surface area contributed by atoms with Crippen LogP contribution in [0.5, 0.6) is 11.5 Å². The SMILES string of the molecule is NS(=O)(=O)c1cc(C(=O)O)cc([N+](=O)[O-])c1Oc1ccc(Cl)cc1. The van der Waals surface area contributed by atoms with Crippen LogP contribution in [0.25, 0.3) is 0 Å². The normalized spacial score (nSPS) is 11.1. The monoisotopic (exact) mass is 372 g/mol. The van der Waals surface area contributed by atoms with Crippen molar-refractivity contribution in [3.8, 4) is 11.5 Å². The smallest absolute Gasteiger partial charge is 0.335 e. The molecule has 0 radical (unpaired) electrons. The lowest BCUT2D eigenvalue weighted by atomic mass is 10.2. The van der Waals surface area contributed by atoms with Crippen molar-refractivity contribution in [1.82, 2.24) is 0 Å². The summed E-state index contributed by atoms with van der Waals surface area (Å²) >= 11 is 5.71. The molecule has 11 heteroatoms. The first-order chi connectivity index (χ1) is 11.1. The number of hydrogen-bond donors (Lipinski definition) is 2. The predicted octanol–water partition coefficient (Wildman–Crippen LogP) is 2.39. The van der Waals surface area contributed by atoms with Crippen molar-refractivity contribution in [2.24, 2.45) is 5.14 Å². The number of aromatic carboxylic acids is 1. The van der Waals surface area contributed by atoms with Gasteiger partial charge in [0.2, 0.25) is 15.8 Å². The molecular formula is C13H9ClN2O7S. The fourth-order valence-corrected chi connectivity index (χ4v) is 2.60. The minimum atomic E-state index is -4.49. The van der Waals surface area contributed by atoms with Gasteiger partial charge in [-0.15, -0.1) is 0 Å². The quantitative estimate of drug-likeness (QED) is 0.604. The minimum absolute atomic E-state index is 0.0514. The van der Waals surface area contributed by atoms with Crippen LogP contribution in [-0.4, -0.2) is 24.4 Å². The third kappa shape index (κ3) is 3.79. The zero-order valence-corrected chi connectivity index (χ0v) is 13.2. The van der Waals surface area contributed by atoms with E-state index >= 15 is 0 Å². The van der Waals surface area contributed by atoms with E-state index in [0.717, 1.165) is 0 Å². The van der Waals surface area contributed by atoms with Crippen molar-refractivity contribution in [2.45, 2.75) is 4.90 Å². The van der Waals surface area contributed by atoms with E-state index in [1.165, 1.54) is 24.3 Å². The summed E-state index contributed by atoms with van der Waals surface area (Å²) in [6, 6.07) is 6.92. The average molecular weight is 373 g/mol. The summed E-state index contributed by atoms with van der Waals surface area (Å²) in [4.78, 5) is 20.5. The summed E-state index contributed by atoms with van der Waals surface area (Å²) in [5.74, 6) is -2.19. The van der Waals surface area contributed by atoms with Crippen LogP contribution in [0.3, 0.4) is 0 Å². The number of nitro benzene ring substituents is 1. The van der Waals surface area contributed by atoms with Gasteiger partial charge in [0.15, 0.2) is 0 Å². The molecule has 0 heterocycles. The van der Waals surface area contributed by atoms with Crippen LogP contribution in [0.1, 0.15) is 10.4 Å². The Bertz CT molecular complexity index is 926. The lowest BCUT2D eigenvalue weighted by Gasteiger charge is -2.11. The molecule has 0 aliphatic carbocycles. The molecule has 2 rings (SSSR count). The van der Waals surface area contributed by atoms with Crippen LogP contribution < -0.4 is 9.88 Å². The lowest BCUT2D eigenvalue weighted by molar-refractivity contribution is -0.385. The van der Waals surface area contributed by atoms with Crippen molar-refractivity contribution in [3.63, 3.8) is 0 Å². The fraction of sp³-hybridized carbons (Fsp3) is 0. The summed E-state index contributed by atoms with van der Waals surface area (Å²) in [7, 11) is -4.49. The molecule has 24 heavy (non-hydrogen) atoms. The molecule has 0 aromatic heterocycles. The Kier molecular flexibility index (Phi) is 4.73. The Hall–Kier alpha value is -2.69. The molecule has 0 aliphatic heterocycles. The Balaban J connectivity index is 2.73. The molecule has 0 fully saturated rings. The summed E-state index contributed by atoms with van der Waals surface area (Å²) in [5.41, 5.74) is -1.47. The van der Waals surface area contributed by atoms with Gasteiger partial charge in [0.25, 0.3) is 0 Å². The maximum Gasteiger partial charge on any atom is 0.335 e. The Labute approximate surface area is 140 Å². The van der Waals surface area contributed by atoms with Gasteiger partial charge in [0.1, 0.15) is 10.6 Å². The van der Waals surface area contributed by atoms with Gasteiger partial charge >= 0.3 is 11.7 Å². The van der Waals surface area contributed by atoms with E-state index in [0.29, 0.717) is 17.2 Å². The third-order valence-corrected chi connectivity index (χ3v) is 3.99. The van der Waals surface area contributed by atoms with Crippen LogP contribution in [0.15, 0.2) is 41.3 Å². The first-order valence-corrected chi connectivity index (χ1v) is 8.04. The molecule has 3 N–H and O–H groups in total. The topological polar surface area (TPSA) is 150 Å². The second-order valence-corrected chi connectivity index (χ2v) is 6.45. The number of rotatable bonds is 5. The van der Waals surface area contributed by atoms with E-state index < -0.39 is 42.8 Å².